The minimum Gasteiger partial charge on any atom is -0.258 e. The molecule has 0 radical (unpaired) electrons. The summed E-state index contributed by atoms with van der Waals surface area (Å²) in [7, 11) is 0. The Morgan fingerprint density at radius 2 is 1.86 bits per heavy atom. The molecule has 0 saturated carbocycles. The summed E-state index contributed by atoms with van der Waals surface area (Å²) in [5.41, 5.74) is -0.0239. The molecule has 0 N–H and O–H groups in total. The predicted molar refractivity (Wildman–Crippen MR) is 91.6 cm³/mol. The SMILES string of the molecule is N#Cc1cc(C(F)(F)F)ccc1-n1cnc(CCc2ccc([N+](=O)[O-])cc2)n1. The van der Waals surface area contributed by atoms with Crippen molar-refractivity contribution in [1.82, 2.24) is 14.8 Å². The third-order valence-corrected chi connectivity index (χ3v) is 4.01. The van der Waals surface area contributed by atoms with E-state index in [1.54, 1.807) is 18.2 Å². The van der Waals surface area contributed by atoms with Gasteiger partial charge in [0.15, 0.2) is 5.82 Å². The minimum atomic E-state index is -4.54. The Morgan fingerprint density at radius 3 is 2.46 bits per heavy atom. The highest BCUT2D eigenvalue weighted by atomic mass is 19.4. The number of hydrogen-bond acceptors (Lipinski definition) is 5. The molecule has 3 aromatic rings. The van der Waals surface area contributed by atoms with Crippen LogP contribution in [0.15, 0.2) is 48.8 Å². The molecule has 0 atom stereocenters. The smallest absolute Gasteiger partial charge is 0.258 e. The molecule has 0 spiro atoms. The topological polar surface area (TPSA) is 97.6 Å². The summed E-state index contributed by atoms with van der Waals surface area (Å²) in [6, 6.07) is 10.7. The molecular formula is C18H12F3N5O2. The van der Waals surface area contributed by atoms with Gasteiger partial charge in [0.2, 0.25) is 0 Å². The van der Waals surface area contributed by atoms with Crippen LogP contribution in [0.1, 0.15) is 22.5 Å². The zero-order valence-corrected chi connectivity index (χ0v) is 14.2. The average Bonchev–Trinajstić information content (AvgIpc) is 3.14. The van der Waals surface area contributed by atoms with E-state index in [0.717, 1.165) is 17.7 Å². The minimum absolute atomic E-state index is 0.00232. The van der Waals surface area contributed by atoms with E-state index in [1.807, 2.05) is 0 Å². The van der Waals surface area contributed by atoms with Gasteiger partial charge in [0.25, 0.3) is 5.69 Å². The van der Waals surface area contributed by atoms with E-state index >= 15 is 0 Å². The number of aryl methyl sites for hydroxylation is 2. The molecule has 0 aliphatic heterocycles. The molecule has 1 aromatic heterocycles. The molecule has 10 heteroatoms. The number of alkyl halides is 3. The molecule has 0 saturated heterocycles. The zero-order chi connectivity index (χ0) is 20.3. The van der Waals surface area contributed by atoms with Gasteiger partial charge in [-0.3, -0.25) is 10.1 Å². The second-order valence-corrected chi connectivity index (χ2v) is 5.87. The Labute approximate surface area is 156 Å². The molecule has 0 amide bonds. The molecule has 0 bridgehead atoms. The lowest BCUT2D eigenvalue weighted by Crippen LogP contribution is -2.07. The highest BCUT2D eigenvalue weighted by Crippen LogP contribution is 2.31. The number of aromatic nitrogens is 3. The van der Waals surface area contributed by atoms with Gasteiger partial charge >= 0.3 is 6.18 Å². The summed E-state index contributed by atoms with van der Waals surface area (Å²) in [6.07, 6.45) is -2.26. The summed E-state index contributed by atoms with van der Waals surface area (Å²) < 4.78 is 39.6. The van der Waals surface area contributed by atoms with E-state index in [2.05, 4.69) is 10.1 Å². The second-order valence-electron chi connectivity index (χ2n) is 5.87. The monoisotopic (exact) mass is 387 g/mol. The van der Waals surface area contributed by atoms with E-state index in [4.69, 9.17) is 5.26 Å². The van der Waals surface area contributed by atoms with Crippen LogP contribution in [0.2, 0.25) is 0 Å². The third kappa shape index (κ3) is 4.15. The molecule has 0 unspecified atom stereocenters. The summed E-state index contributed by atoms with van der Waals surface area (Å²) >= 11 is 0. The van der Waals surface area contributed by atoms with Crippen LogP contribution in [0.5, 0.6) is 0 Å². The molecule has 0 fully saturated rings. The molecule has 1 heterocycles. The van der Waals surface area contributed by atoms with Crippen molar-refractivity contribution in [3.8, 4) is 11.8 Å². The number of non-ortho nitro benzene ring substituents is 1. The molecule has 142 valence electrons. The molecular weight excluding hydrogens is 375 g/mol. The van der Waals surface area contributed by atoms with Crippen LogP contribution in [0, 0.1) is 21.4 Å². The van der Waals surface area contributed by atoms with Crippen LogP contribution in [-0.4, -0.2) is 19.7 Å². The fraction of sp³-hybridized carbons (Fsp3) is 0.167. The molecule has 2 aromatic carbocycles. The average molecular weight is 387 g/mol. The van der Waals surface area contributed by atoms with Crippen molar-refractivity contribution in [2.45, 2.75) is 19.0 Å². The van der Waals surface area contributed by atoms with Crippen LogP contribution in [0.4, 0.5) is 18.9 Å². The first-order chi connectivity index (χ1) is 13.3. The first-order valence-corrected chi connectivity index (χ1v) is 8.03. The highest BCUT2D eigenvalue weighted by Gasteiger charge is 2.31. The standard InChI is InChI=1S/C18H12F3N5O2/c19-18(20,21)14-4-7-16(13(9-14)10-22)25-11-23-17(24-25)8-3-12-1-5-15(6-2-12)26(27)28/h1-2,4-7,9,11H,3,8H2. The lowest BCUT2D eigenvalue weighted by molar-refractivity contribution is -0.384. The number of nitrogens with zero attached hydrogens (tertiary/aromatic N) is 5. The van der Waals surface area contributed by atoms with Crippen molar-refractivity contribution in [3.63, 3.8) is 0 Å². The number of nitriles is 1. The van der Waals surface area contributed by atoms with Gasteiger partial charge in [-0.2, -0.15) is 23.5 Å². The van der Waals surface area contributed by atoms with Crippen molar-refractivity contribution >= 4 is 5.69 Å². The van der Waals surface area contributed by atoms with Crippen LogP contribution in [-0.2, 0) is 19.0 Å². The van der Waals surface area contributed by atoms with Crippen molar-refractivity contribution in [1.29, 1.82) is 5.26 Å². The maximum absolute atomic E-state index is 12.8. The Hall–Kier alpha value is -3.74. The lowest BCUT2D eigenvalue weighted by Gasteiger charge is -2.09. The fourth-order valence-corrected chi connectivity index (χ4v) is 2.57. The molecule has 28 heavy (non-hydrogen) atoms. The van der Waals surface area contributed by atoms with E-state index in [9.17, 15) is 23.3 Å². The quantitative estimate of drug-likeness (QED) is 0.489. The van der Waals surface area contributed by atoms with Gasteiger partial charge in [-0.1, -0.05) is 12.1 Å². The summed E-state index contributed by atoms with van der Waals surface area (Å²) in [5, 5.41) is 24.0. The van der Waals surface area contributed by atoms with Gasteiger partial charge in [-0.25, -0.2) is 9.67 Å². The van der Waals surface area contributed by atoms with E-state index in [-0.39, 0.29) is 16.9 Å². The second kappa shape index (κ2) is 7.48. The van der Waals surface area contributed by atoms with Gasteiger partial charge in [0.1, 0.15) is 12.4 Å². The van der Waals surface area contributed by atoms with Gasteiger partial charge in [-0.05, 0) is 30.2 Å². The maximum atomic E-state index is 12.8. The molecule has 7 nitrogen and oxygen atoms in total. The van der Waals surface area contributed by atoms with Crippen LogP contribution in [0.25, 0.3) is 5.69 Å². The Bertz CT molecular complexity index is 1050. The van der Waals surface area contributed by atoms with Crippen molar-refractivity contribution in [2.24, 2.45) is 0 Å². The van der Waals surface area contributed by atoms with Crippen LogP contribution >= 0.6 is 0 Å². The summed E-state index contributed by atoms with van der Waals surface area (Å²) in [6.45, 7) is 0. The lowest BCUT2D eigenvalue weighted by atomic mass is 10.1. The highest BCUT2D eigenvalue weighted by molar-refractivity contribution is 5.50. The Balaban J connectivity index is 1.75. The number of halogens is 3. The number of nitro benzene ring substituents is 1. The Morgan fingerprint density at radius 1 is 1.14 bits per heavy atom. The maximum Gasteiger partial charge on any atom is 0.416 e. The Kier molecular flexibility index (Phi) is 5.08. The van der Waals surface area contributed by atoms with Crippen LogP contribution < -0.4 is 0 Å². The van der Waals surface area contributed by atoms with Crippen molar-refractivity contribution in [2.75, 3.05) is 0 Å². The molecule has 0 aliphatic carbocycles. The number of benzene rings is 2. The summed E-state index contributed by atoms with van der Waals surface area (Å²) in [4.78, 5) is 14.3. The predicted octanol–water partition coefficient (Wildman–Crippen LogP) is 3.85. The van der Waals surface area contributed by atoms with Crippen molar-refractivity contribution < 1.29 is 18.1 Å². The van der Waals surface area contributed by atoms with Gasteiger partial charge in [-0.15, -0.1) is 0 Å². The van der Waals surface area contributed by atoms with Crippen molar-refractivity contribution in [3.05, 3.63) is 81.4 Å². The fourth-order valence-electron chi connectivity index (χ4n) is 2.57. The number of nitro groups is 1. The van der Waals surface area contributed by atoms with E-state index in [1.165, 1.54) is 29.2 Å². The van der Waals surface area contributed by atoms with E-state index < -0.39 is 16.7 Å². The first kappa shape index (κ1) is 19.0. The van der Waals surface area contributed by atoms with Gasteiger partial charge < -0.3 is 0 Å². The zero-order valence-electron chi connectivity index (χ0n) is 14.2. The van der Waals surface area contributed by atoms with E-state index in [0.29, 0.717) is 18.7 Å². The van der Waals surface area contributed by atoms with Gasteiger partial charge in [0, 0.05) is 18.6 Å². The number of hydrogen-bond donors (Lipinski definition) is 0. The van der Waals surface area contributed by atoms with Gasteiger partial charge in [0.05, 0.1) is 21.7 Å². The molecule has 3 rings (SSSR count). The number of rotatable bonds is 5. The third-order valence-electron chi connectivity index (χ3n) is 4.01. The first-order valence-electron chi connectivity index (χ1n) is 8.03. The normalized spacial score (nSPS) is 11.2. The van der Waals surface area contributed by atoms with Crippen LogP contribution in [0.3, 0.4) is 0 Å². The molecule has 0 aliphatic rings. The largest absolute Gasteiger partial charge is 0.416 e. The summed E-state index contributed by atoms with van der Waals surface area (Å²) in [5.74, 6) is 0.433.